The molecule has 0 amide bonds. The molecule has 1 aliphatic heterocycles. The van der Waals surface area contributed by atoms with Crippen molar-refractivity contribution in [2.45, 2.75) is 31.7 Å². The van der Waals surface area contributed by atoms with Crippen molar-refractivity contribution >= 4 is 34.0 Å². The van der Waals surface area contributed by atoms with E-state index >= 15 is 0 Å². The fraction of sp³-hybridized carbons (Fsp3) is 0.600. The van der Waals surface area contributed by atoms with Gasteiger partial charge in [0.05, 0.1) is 10.6 Å². The van der Waals surface area contributed by atoms with Crippen LogP contribution in [0.1, 0.15) is 25.7 Å². The van der Waals surface area contributed by atoms with Crippen molar-refractivity contribution in [2.75, 3.05) is 24.5 Å². The molecule has 2 fully saturated rings. The molecule has 1 aromatic rings. The van der Waals surface area contributed by atoms with Gasteiger partial charge < -0.3 is 10.2 Å². The first-order chi connectivity index (χ1) is 10.1. The van der Waals surface area contributed by atoms with Gasteiger partial charge in [-0.25, -0.2) is 0 Å². The van der Waals surface area contributed by atoms with Crippen molar-refractivity contribution in [3.8, 4) is 0 Å². The highest BCUT2D eigenvalue weighted by atomic mass is 127. The molecule has 3 rings (SSSR count). The Kier molecular flexibility index (Phi) is 4.63. The maximum absolute atomic E-state index is 10.8. The van der Waals surface area contributed by atoms with Crippen molar-refractivity contribution in [2.24, 2.45) is 5.92 Å². The summed E-state index contributed by atoms with van der Waals surface area (Å²) in [5, 5.41) is 14.5. The quantitative estimate of drug-likeness (QED) is 0.468. The molecule has 1 heterocycles. The summed E-state index contributed by atoms with van der Waals surface area (Å²) in [5.74, 6) is 0.929. The smallest absolute Gasteiger partial charge is 0.270 e. The van der Waals surface area contributed by atoms with Gasteiger partial charge in [-0.15, -0.1) is 0 Å². The number of benzene rings is 1. The molecule has 1 aliphatic carbocycles. The first kappa shape index (κ1) is 15.0. The molecule has 0 spiro atoms. The van der Waals surface area contributed by atoms with Crippen LogP contribution >= 0.6 is 22.6 Å². The zero-order chi connectivity index (χ0) is 14.8. The highest BCUT2D eigenvalue weighted by molar-refractivity contribution is 14.1. The molecule has 0 bridgehead atoms. The second-order valence-electron chi connectivity index (χ2n) is 6.01. The Balaban J connectivity index is 1.57. The summed E-state index contributed by atoms with van der Waals surface area (Å²) < 4.78 is 0.964. The van der Waals surface area contributed by atoms with Crippen LogP contribution < -0.4 is 10.2 Å². The number of anilines is 1. The average molecular weight is 401 g/mol. The Labute approximate surface area is 138 Å². The van der Waals surface area contributed by atoms with E-state index in [1.165, 1.54) is 19.4 Å². The third kappa shape index (κ3) is 3.85. The Hall–Kier alpha value is -0.890. The molecule has 2 aliphatic rings. The molecular weight excluding hydrogens is 381 g/mol. The van der Waals surface area contributed by atoms with Crippen LogP contribution in [0.4, 0.5) is 11.4 Å². The molecule has 6 heteroatoms. The van der Waals surface area contributed by atoms with Gasteiger partial charge in [-0.05, 0) is 66.8 Å². The van der Waals surface area contributed by atoms with Crippen LogP contribution in [0.3, 0.4) is 0 Å². The lowest BCUT2D eigenvalue weighted by molar-refractivity contribution is -0.384. The number of piperidine rings is 1. The number of nitro benzene ring substituents is 1. The van der Waals surface area contributed by atoms with E-state index in [0.29, 0.717) is 6.04 Å². The lowest BCUT2D eigenvalue weighted by Crippen LogP contribution is -2.43. The first-order valence-corrected chi connectivity index (χ1v) is 8.63. The predicted octanol–water partition coefficient (Wildman–Crippen LogP) is 3.17. The second-order valence-corrected chi connectivity index (χ2v) is 7.17. The van der Waals surface area contributed by atoms with E-state index in [1.807, 2.05) is 6.07 Å². The van der Waals surface area contributed by atoms with Gasteiger partial charge in [-0.1, -0.05) is 0 Å². The summed E-state index contributed by atoms with van der Waals surface area (Å²) in [6.07, 6.45) is 5.10. The van der Waals surface area contributed by atoms with Crippen molar-refractivity contribution < 1.29 is 4.92 Å². The lowest BCUT2D eigenvalue weighted by atomic mass is 10.0. The van der Waals surface area contributed by atoms with Crippen LogP contribution in [-0.2, 0) is 0 Å². The number of rotatable bonds is 5. The molecule has 1 saturated carbocycles. The number of hydrogen-bond acceptors (Lipinski definition) is 4. The summed E-state index contributed by atoms with van der Waals surface area (Å²) in [7, 11) is 0. The Morgan fingerprint density at radius 1 is 1.29 bits per heavy atom. The van der Waals surface area contributed by atoms with Gasteiger partial charge in [0.15, 0.2) is 0 Å². The maximum atomic E-state index is 10.8. The number of halogens is 1. The van der Waals surface area contributed by atoms with Crippen LogP contribution in [0, 0.1) is 19.6 Å². The van der Waals surface area contributed by atoms with Gasteiger partial charge in [0.2, 0.25) is 0 Å². The number of hydrogen-bond donors (Lipinski definition) is 1. The van der Waals surface area contributed by atoms with Crippen LogP contribution in [0.5, 0.6) is 0 Å². The molecular formula is C15H20IN3O2. The minimum atomic E-state index is -0.333. The topological polar surface area (TPSA) is 58.4 Å². The number of nitrogens with zero attached hydrogens (tertiary/aromatic N) is 2. The molecule has 0 unspecified atom stereocenters. The van der Waals surface area contributed by atoms with Crippen LogP contribution in [0.15, 0.2) is 18.2 Å². The number of nitro groups is 1. The van der Waals surface area contributed by atoms with Gasteiger partial charge in [0.25, 0.3) is 5.69 Å². The Bertz CT molecular complexity index is 526. The van der Waals surface area contributed by atoms with Gasteiger partial charge >= 0.3 is 0 Å². The zero-order valence-corrected chi connectivity index (χ0v) is 14.1. The summed E-state index contributed by atoms with van der Waals surface area (Å²) in [5.41, 5.74) is 1.30. The maximum Gasteiger partial charge on any atom is 0.270 e. The molecule has 0 aromatic heterocycles. The minimum absolute atomic E-state index is 0.170. The monoisotopic (exact) mass is 401 g/mol. The van der Waals surface area contributed by atoms with Crippen molar-refractivity contribution in [1.82, 2.24) is 5.32 Å². The number of non-ortho nitro benzene ring substituents is 1. The fourth-order valence-electron chi connectivity index (χ4n) is 2.85. The largest absolute Gasteiger partial charge is 0.371 e. The minimum Gasteiger partial charge on any atom is -0.371 e. The average Bonchev–Trinajstić information content (AvgIpc) is 3.30. The zero-order valence-electron chi connectivity index (χ0n) is 11.9. The predicted molar refractivity (Wildman–Crippen MR) is 91.8 cm³/mol. The highest BCUT2D eigenvalue weighted by Gasteiger charge is 2.25. The van der Waals surface area contributed by atoms with Gasteiger partial charge in [-0.2, -0.15) is 0 Å². The van der Waals surface area contributed by atoms with Crippen LogP contribution in [-0.4, -0.2) is 30.6 Å². The van der Waals surface area contributed by atoms with Gasteiger partial charge in [0.1, 0.15) is 0 Å². The van der Waals surface area contributed by atoms with E-state index in [1.54, 1.807) is 12.1 Å². The number of nitrogens with one attached hydrogen (secondary N) is 1. The molecule has 1 saturated heterocycles. The SMILES string of the molecule is O=[N+]([O-])c1ccc(N2CCC(NCC3CC3)CC2)c(I)c1. The van der Waals surface area contributed by atoms with Crippen LogP contribution in [0.2, 0.25) is 0 Å². The Morgan fingerprint density at radius 2 is 2.00 bits per heavy atom. The van der Waals surface area contributed by atoms with Gasteiger partial charge in [-0.3, -0.25) is 10.1 Å². The van der Waals surface area contributed by atoms with Crippen molar-refractivity contribution in [3.05, 3.63) is 31.9 Å². The third-order valence-electron chi connectivity index (χ3n) is 4.37. The summed E-state index contributed by atoms with van der Waals surface area (Å²) in [4.78, 5) is 12.8. The lowest BCUT2D eigenvalue weighted by Gasteiger charge is -2.34. The summed E-state index contributed by atoms with van der Waals surface area (Å²) in [6, 6.07) is 5.79. The molecule has 5 nitrogen and oxygen atoms in total. The third-order valence-corrected chi connectivity index (χ3v) is 5.23. The first-order valence-electron chi connectivity index (χ1n) is 7.56. The van der Waals surface area contributed by atoms with E-state index in [9.17, 15) is 10.1 Å². The van der Waals surface area contributed by atoms with Gasteiger partial charge in [0, 0.05) is 34.8 Å². The normalized spacial score (nSPS) is 19.8. The highest BCUT2D eigenvalue weighted by Crippen LogP contribution is 2.30. The second kappa shape index (κ2) is 6.48. The Morgan fingerprint density at radius 3 is 2.57 bits per heavy atom. The molecule has 21 heavy (non-hydrogen) atoms. The van der Waals surface area contributed by atoms with Crippen molar-refractivity contribution in [1.29, 1.82) is 0 Å². The van der Waals surface area contributed by atoms with E-state index in [0.717, 1.165) is 41.1 Å². The van der Waals surface area contributed by atoms with E-state index in [-0.39, 0.29) is 10.6 Å². The molecule has 0 atom stereocenters. The van der Waals surface area contributed by atoms with Crippen molar-refractivity contribution in [3.63, 3.8) is 0 Å². The standard InChI is InChI=1S/C15H20IN3O2/c16-14-9-13(19(20)21)3-4-15(14)18-7-5-12(6-8-18)17-10-11-1-2-11/h3-4,9,11-12,17H,1-2,5-8,10H2. The molecule has 0 radical (unpaired) electrons. The summed E-state index contributed by atoms with van der Waals surface area (Å²) >= 11 is 2.20. The van der Waals surface area contributed by atoms with Crippen LogP contribution in [0.25, 0.3) is 0 Å². The fourth-order valence-corrected chi connectivity index (χ4v) is 3.69. The molecule has 114 valence electrons. The molecule has 1 N–H and O–H groups in total. The van der Waals surface area contributed by atoms with E-state index in [4.69, 9.17) is 0 Å². The van der Waals surface area contributed by atoms with E-state index < -0.39 is 0 Å². The van der Waals surface area contributed by atoms with E-state index in [2.05, 4.69) is 32.8 Å². The molecule has 1 aromatic carbocycles. The summed E-state index contributed by atoms with van der Waals surface area (Å²) in [6.45, 7) is 3.23.